The Morgan fingerprint density at radius 2 is 1.68 bits per heavy atom. The van der Waals surface area contributed by atoms with Crippen molar-refractivity contribution in [1.82, 2.24) is 15.1 Å². The second-order valence-electron chi connectivity index (χ2n) is 7.17. The fourth-order valence-electron chi connectivity index (χ4n) is 3.24. The van der Waals surface area contributed by atoms with E-state index in [1.165, 1.54) is 5.56 Å². The SMILES string of the molecule is CCc1ccc([C@@H](NC(=O)CN2CCN(C(C)=O)CC2)C(C)C)cc1. The molecule has 1 aromatic carbocycles. The number of nitrogens with one attached hydrogen (secondary N) is 1. The molecule has 25 heavy (non-hydrogen) atoms. The van der Waals surface area contributed by atoms with E-state index < -0.39 is 0 Å². The van der Waals surface area contributed by atoms with Crippen LogP contribution >= 0.6 is 0 Å². The molecule has 0 bridgehead atoms. The number of rotatable bonds is 6. The van der Waals surface area contributed by atoms with Crippen molar-refractivity contribution in [3.05, 3.63) is 35.4 Å². The quantitative estimate of drug-likeness (QED) is 0.860. The molecule has 1 aromatic rings. The minimum absolute atomic E-state index is 0.0249. The molecule has 1 fully saturated rings. The van der Waals surface area contributed by atoms with Crippen molar-refractivity contribution in [1.29, 1.82) is 0 Å². The molecule has 0 radical (unpaired) electrons. The van der Waals surface area contributed by atoms with Crippen molar-refractivity contribution in [2.75, 3.05) is 32.7 Å². The van der Waals surface area contributed by atoms with Crippen LogP contribution in [0.4, 0.5) is 0 Å². The van der Waals surface area contributed by atoms with Crippen LogP contribution in [-0.4, -0.2) is 54.3 Å². The van der Waals surface area contributed by atoms with Gasteiger partial charge in [-0.1, -0.05) is 45.0 Å². The van der Waals surface area contributed by atoms with E-state index in [1.54, 1.807) is 6.92 Å². The van der Waals surface area contributed by atoms with E-state index in [2.05, 4.69) is 55.3 Å². The Kier molecular flexibility index (Phi) is 7.00. The first-order valence-corrected chi connectivity index (χ1v) is 9.26. The van der Waals surface area contributed by atoms with Crippen molar-refractivity contribution in [2.24, 2.45) is 5.92 Å². The first kappa shape index (κ1) is 19.4. The summed E-state index contributed by atoms with van der Waals surface area (Å²) in [6, 6.07) is 8.54. The van der Waals surface area contributed by atoms with E-state index in [9.17, 15) is 9.59 Å². The third kappa shape index (κ3) is 5.56. The lowest BCUT2D eigenvalue weighted by Gasteiger charge is -2.34. The predicted molar refractivity (Wildman–Crippen MR) is 100 cm³/mol. The second kappa shape index (κ2) is 8.99. The van der Waals surface area contributed by atoms with Crippen LogP contribution in [0.25, 0.3) is 0 Å². The van der Waals surface area contributed by atoms with Gasteiger partial charge in [0.25, 0.3) is 0 Å². The molecule has 0 aliphatic carbocycles. The molecule has 2 rings (SSSR count). The molecule has 1 atom stereocenters. The maximum atomic E-state index is 12.5. The molecule has 2 amide bonds. The van der Waals surface area contributed by atoms with Crippen LogP contribution in [0.5, 0.6) is 0 Å². The molecule has 0 saturated carbocycles. The standard InChI is InChI=1S/C20H31N3O2/c1-5-17-6-8-18(9-7-17)20(15(2)3)21-19(25)14-22-10-12-23(13-11-22)16(4)24/h6-9,15,20H,5,10-14H2,1-4H3,(H,21,25)/t20-/m0/s1. The topological polar surface area (TPSA) is 52.7 Å². The summed E-state index contributed by atoms with van der Waals surface area (Å²) < 4.78 is 0. The lowest BCUT2D eigenvalue weighted by Crippen LogP contribution is -2.51. The Morgan fingerprint density at radius 1 is 1.08 bits per heavy atom. The smallest absolute Gasteiger partial charge is 0.234 e. The predicted octanol–water partition coefficient (Wildman–Crippen LogP) is 2.23. The molecule has 0 spiro atoms. The molecule has 0 unspecified atom stereocenters. The van der Waals surface area contributed by atoms with Crippen LogP contribution in [0.15, 0.2) is 24.3 Å². The van der Waals surface area contributed by atoms with Gasteiger partial charge in [0.1, 0.15) is 0 Å². The molecule has 1 heterocycles. The Hall–Kier alpha value is -1.88. The van der Waals surface area contributed by atoms with E-state index in [1.807, 2.05) is 4.90 Å². The Balaban J connectivity index is 1.91. The average Bonchev–Trinajstić information content (AvgIpc) is 2.60. The van der Waals surface area contributed by atoms with Crippen LogP contribution in [0.2, 0.25) is 0 Å². The maximum absolute atomic E-state index is 12.5. The first-order chi connectivity index (χ1) is 11.9. The summed E-state index contributed by atoms with van der Waals surface area (Å²) in [5.41, 5.74) is 2.46. The number of amides is 2. The third-order valence-corrected chi connectivity index (χ3v) is 4.92. The maximum Gasteiger partial charge on any atom is 0.234 e. The highest BCUT2D eigenvalue weighted by molar-refractivity contribution is 5.78. The fourth-order valence-corrected chi connectivity index (χ4v) is 3.24. The number of carbonyl (C=O) groups excluding carboxylic acids is 2. The van der Waals surface area contributed by atoms with E-state index in [-0.39, 0.29) is 17.9 Å². The molecule has 0 aromatic heterocycles. The summed E-state index contributed by atoms with van der Waals surface area (Å²) in [6.07, 6.45) is 1.02. The van der Waals surface area contributed by atoms with Gasteiger partial charge in [-0.25, -0.2) is 0 Å². The summed E-state index contributed by atoms with van der Waals surface area (Å²) in [5, 5.41) is 3.19. The minimum Gasteiger partial charge on any atom is -0.348 e. The summed E-state index contributed by atoms with van der Waals surface area (Å²) >= 11 is 0. The Labute approximate surface area is 151 Å². The zero-order chi connectivity index (χ0) is 18.4. The number of piperazine rings is 1. The largest absolute Gasteiger partial charge is 0.348 e. The molecule has 1 N–H and O–H groups in total. The molecular formula is C20H31N3O2. The summed E-state index contributed by atoms with van der Waals surface area (Å²) in [6.45, 7) is 11.3. The average molecular weight is 345 g/mol. The molecule has 5 nitrogen and oxygen atoms in total. The summed E-state index contributed by atoms with van der Waals surface area (Å²) in [7, 11) is 0. The van der Waals surface area contributed by atoms with Gasteiger partial charge >= 0.3 is 0 Å². The minimum atomic E-state index is 0.0249. The highest BCUT2D eigenvalue weighted by Gasteiger charge is 2.23. The van der Waals surface area contributed by atoms with E-state index in [0.29, 0.717) is 25.6 Å². The van der Waals surface area contributed by atoms with Gasteiger partial charge < -0.3 is 10.2 Å². The molecule has 1 aliphatic rings. The van der Waals surface area contributed by atoms with Crippen LogP contribution in [0.3, 0.4) is 0 Å². The molecule has 5 heteroatoms. The van der Waals surface area contributed by atoms with Crippen LogP contribution in [0, 0.1) is 5.92 Å². The molecule has 1 saturated heterocycles. The highest BCUT2D eigenvalue weighted by atomic mass is 16.2. The Morgan fingerprint density at radius 3 is 2.16 bits per heavy atom. The number of nitrogens with zero attached hydrogens (tertiary/aromatic N) is 2. The van der Waals surface area contributed by atoms with Gasteiger partial charge in [-0.15, -0.1) is 0 Å². The van der Waals surface area contributed by atoms with Gasteiger partial charge in [0.15, 0.2) is 0 Å². The van der Waals surface area contributed by atoms with Gasteiger partial charge in [0.05, 0.1) is 12.6 Å². The number of benzene rings is 1. The lowest BCUT2D eigenvalue weighted by atomic mass is 9.95. The highest BCUT2D eigenvalue weighted by Crippen LogP contribution is 2.22. The number of aryl methyl sites for hydroxylation is 1. The number of hydrogen-bond donors (Lipinski definition) is 1. The first-order valence-electron chi connectivity index (χ1n) is 9.26. The van der Waals surface area contributed by atoms with Crippen molar-refractivity contribution in [3.63, 3.8) is 0 Å². The normalized spacial score (nSPS) is 16.8. The van der Waals surface area contributed by atoms with Gasteiger partial charge in [-0.3, -0.25) is 14.5 Å². The summed E-state index contributed by atoms with van der Waals surface area (Å²) in [5.74, 6) is 0.486. The van der Waals surface area contributed by atoms with E-state index in [0.717, 1.165) is 25.1 Å². The van der Waals surface area contributed by atoms with E-state index in [4.69, 9.17) is 0 Å². The number of hydrogen-bond acceptors (Lipinski definition) is 3. The monoisotopic (exact) mass is 345 g/mol. The molecule has 138 valence electrons. The van der Waals surface area contributed by atoms with Crippen LogP contribution < -0.4 is 5.32 Å². The number of carbonyl (C=O) groups is 2. The second-order valence-corrected chi connectivity index (χ2v) is 7.17. The van der Waals surface area contributed by atoms with Gasteiger partial charge in [0.2, 0.25) is 11.8 Å². The van der Waals surface area contributed by atoms with E-state index >= 15 is 0 Å². The molecular weight excluding hydrogens is 314 g/mol. The van der Waals surface area contributed by atoms with Crippen LogP contribution in [0.1, 0.15) is 44.9 Å². The third-order valence-electron chi connectivity index (χ3n) is 4.92. The van der Waals surface area contributed by atoms with Crippen LogP contribution in [-0.2, 0) is 16.0 Å². The fraction of sp³-hybridized carbons (Fsp3) is 0.600. The van der Waals surface area contributed by atoms with Gasteiger partial charge in [-0.2, -0.15) is 0 Å². The zero-order valence-corrected chi connectivity index (χ0v) is 15.9. The van der Waals surface area contributed by atoms with Crippen molar-refractivity contribution >= 4 is 11.8 Å². The van der Waals surface area contributed by atoms with Crippen molar-refractivity contribution in [2.45, 2.75) is 40.2 Å². The Bertz CT molecular complexity index is 575. The lowest BCUT2D eigenvalue weighted by molar-refractivity contribution is -0.131. The van der Waals surface area contributed by atoms with Crippen molar-refractivity contribution < 1.29 is 9.59 Å². The zero-order valence-electron chi connectivity index (χ0n) is 15.9. The molecule has 1 aliphatic heterocycles. The van der Waals surface area contributed by atoms with Gasteiger partial charge in [-0.05, 0) is 23.5 Å². The van der Waals surface area contributed by atoms with Gasteiger partial charge in [0, 0.05) is 33.1 Å². The summed E-state index contributed by atoms with van der Waals surface area (Å²) in [4.78, 5) is 27.8. The van der Waals surface area contributed by atoms with Crippen molar-refractivity contribution in [3.8, 4) is 0 Å².